The SMILES string of the molecule is C/C(=N\c1ccccc1C(C)(C)C)c1ccccn1. The first kappa shape index (κ1) is 13.5. The normalized spacial score (nSPS) is 12.5. The van der Waals surface area contributed by atoms with Crippen molar-refractivity contribution in [3.8, 4) is 0 Å². The van der Waals surface area contributed by atoms with Crippen LogP contribution in [0.3, 0.4) is 0 Å². The first-order chi connectivity index (χ1) is 8.98. The molecule has 2 heteroatoms. The topological polar surface area (TPSA) is 25.2 Å². The largest absolute Gasteiger partial charge is 0.255 e. The van der Waals surface area contributed by atoms with E-state index in [4.69, 9.17) is 4.99 Å². The molecule has 0 aliphatic rings. The summed E-state index contributed by atoms with van der Waals surface area (Å²) in [7, 11) is 0. The molecule has 0 amide bonds. The Hall–Kier alpha value is -1.96. The van der Waals surface area contributed by atoms with Gasteiger partial charge >= 0.3 is 0 Å². The molecule has 0 atom stereocenters. The van der Waals surface area contributed by atoms with E-state index >= 15 is 0 Å². The van der Waals surface area contributed by atoms with E-state index in [0.29, 0.717) is 0 Å². The van der Waals surface area contributed by atoms with Crippen LogP contribution in [0.25, 0.3) is 0 Å². The molecule has 1 heterocycles. The van der Waals surface area contributed by atoms with Crippen LogP contribution in [0.5, 0.6) is 0 Å². The second kappa shape index (κ2) is 5.35. The van der Waals surface area contributed by atoms with Crippen LogP contribution < -0.4 is 0 Å². The molecular weight excluding hydrogens is 232 g/mol. The van der Waals surface area contributed by atoms with Gasteiger partial charge in [0.05, 0.1) is 17.1 Å². The van der Waals surface area contributed by atoms with Gasteiger partial charge in [-0.3, -0.25) is 9.98 Å². The number of rotatable bonds is 2. The van der Waals surface area contributed by atoms with Crippen molar-refractivity contribution in [3.05, 3.63) is 59.9 Å². The summed E-state index contributed by atoms with van der Waals surface area (Å²) in [5.74, 6) is 0. The van der Waals surface area contributed by atoms with Crippen LogP contribution in [-0.2, 0) is 5.41 Å². The maximum absolute atomic E-state index is 4.75. The molecule has 0 aliphatic carbocycles. The van der Waals surface area contributed by atoms with Crippen LogP contribution in [0.15, 0.2) is 53.7 Å². The number of hydrogen-bond donors (Lipinski definition) is 0. The second-order valence-corrected chi connectivity index (χ2v) is 5.68. The van der Waals surface area contributed by atoms with E-state index in [9.17, 15) is 0 Å². The summed E-state index contributed by atoms with van der Waals surface area (Å²) >= 11 is 0. The Balaban J connectivity index is 2.44. The Morgan fingerprint density at radius 3 is 2.32 bits per heavy atom. The zero-order valence-corrected chi connectivity index (χ0v) is 12.0. The fraction of sp³-hybridized carbons (Fsp3) is 0.294. The number of aromatic nitrogens is 1. The molecule has 0 fully saturated rings. The third-order valence-electron chi connectivity index (χ3n) is 3.04. The Kier molecular flexibility index (Phi) is 3.79. The average Bonchev–Trinajstić information content (AvgIpc) is 2.39. The van der Waals surface area contributed by atoms with E-state index in [1.54, 1.807) is 6.20 Å². The van der Waals surface area contributed by atoms with Crippen molar-refractivity contribution in [2.24, 2.45) is 4.99 Å². The minimum atomic E-state index is 0.0878. The molecule has 98 valence electrons. The van der Waals surface area contributed by atoms with Gasteiger partial charge in [0.15, 0.2) is 0 Å². The zero-order chi connectivity index (χ0) is 13.9. The van der Waals surface area contributed by atoms with Gasteiger partial charge < -0.3 is 0 Å². The minimum Gasteiger partial charge on any atom is -0.255 e. The summed E-state index contributed by atoms with van der Waals surface area (Å²) in [6, 6.07) is 14.2. The Labute approximate surface area is 115 Å². The third-order valence-corrected chi connectivity index (χ3v) is 3.04. The van der Waals surface area contributed by atoms with Crippen molar-refractivity contribution in [1.82, 2.24) is 4.98 Å². The monoisotopic (exact) mass is 252 g/mol. The summed E-state index contributed by atoms with van der Waals surface area (Å²) < 4.78 is 0. The summed E-state index contributed by atoms with van der Waals surface area (Å²) in [5, 5.41) is 0. The molecule has 1 aromatic carbocycles. The molecule has 0 N–H and O–H groups in total. The molecule has 1 aromatic heterocycles. The van der Waals surface area contributed by atoms with Crippen LogP contribution in [0.2, 0.25) is 0 Å². The number of benzene rings is 1. The lowest BCUT2D eigenvalue weighted by Crippen LogP contribution is -2.11. The van der Waals surface area contributed by atoms with Crippen molar-refractivity contribution in [2.45, 2.75) is 33.1 Å². The predicted molar refractivity (Wildman–Crippen MR) is 81.3 cm³/mol. The third kappa shape index (κ3) is 3.28. The van der Waals surface area contributed by atoms with Gasteiger partial charge in [0.2, 0.25) is 0 Å². The summed E-state index contributed by atoms with van der Waals surface area (Å²) in [4.78, 5) is 9.09. The van der Waals surface area contributed by atoms with Crippen molar-refractivity contribution in [3.63, 3.8) is 0 Å². The quantitative estimate of drug-likeness (QED) is 0.721. The van der Waals surface area contributed by atoms with E-state index in [1.165, 1.54) is 5.56 Å². The Morgan fingerprint density at radius 1 is 1.00 bits per heavy atom. The van der Waals surface area contributed by atoms with E-state index < -0.39 is 0 Å². The van der Waals surface area contributed by atoms with Crippen molar-refractivity contribution in [2.75, 3.05) is 0 Å². The van der Waals surface area contributed by atoms with Crippen molar-refractivity contribution in [1.29, 1.82) is 0 Å². The van der Waals surface area contributed by atoms with Gasteiger partial charge in [-0.25, -0.2) is 0 Å². The first-order valence-electron chi connectivity index (χ1n) is 6.55. The first-order valence-corrected chi connectivity index (χ1v) is 6.55. The molecule has 0 saturated carbocycles. The molecular formula is C17H20N2. The summed E-state index contributed by atoms with van der Waals surface area (Å²) in [5.41, 5.74) is 4.23. The van der Waals surface area contributed by atoms with Gasteiger partial charge in [0, 0.05) is 6.20 Å². The summed E-state index contributed by atoms with van der Waals surface area (Å²) in [6.07, 6.45) is 1.80. The van der Waals surface area contributed by atoms with Gasteiger partial charge in [0.25, 0.3) is 0 Å². The standard InChI is InChI=1S/C17H20N2/c1-13(15-10-7-8-12-18-15)19-16-11-6-5-9-14(16)17(2,3)4/h5-12H,1-4H3/b19-13+. The number of hydrogen-bond acceptors (Lipinski definition) is 2. The lowest BCUT2D eigenvalue weighted by molar-refractivity contribution is 0.591. The van der Waals surface area contributed by atoms with Gasteiger partial charge in [0.1, 0.15) is 0 Å². The van der Waals surface area contributed by atoms with Crippen molar-refractivity contribution < 1.29 is 0 Å². The number of nitrogens with zero attached hydrogens (tertiary/aromatic N) is 2. The molecule has 19 heavy (non-hydrogen) atoms. The van der Waals surface area contributed by atoms with Crippen LogP contribution in [-0.4, -0.2) is 10.7 Å². The van der Waals surface area contributed by atoms with Crippen LogP contribution >= 0.6 is 0 Å². The van der Waals surface area contributed by atoms with Crippen molar-refractivity contribution >= 4 is 11.4 Å². The average molecular weight is 252 g/mol. The fourth-order valence-electron chi connectivity index (χ4n) is 2.02. The molecule has 0 bridgehead atoms. The van der Waals surface area contributed by atoms with E-state index in [-0.39, 0.29) is 5.41 Å². The number of aliphatic imine (C=N–C) groups is 1. The highest BCUT2D eigenvalue weighted by atomic mass is 14.8. The highest BCUT2D eigenvalue weighted by molar-refractivity contribution is 5.98. The van der Waals surface area contributed by atoms with Crippen LogP contribution in [0.4, 0.5) is 5.69 Å². The highest BCUT2D eigenvalue weighted by Crippen LogP contribution is 2.31. The molecule has 0 spiro atoms. The zero-order valence-electron chi connectivity index (χ0n) is 12.0. The van der Waals surface area contributed by atoms with Gasteiger partial charge in [-0.1, -0.05) is 45.0 Å². The van der Waals surface area contributed by atoms with E-state index in [0.717, 1.165) is 17.1 Å². The van der Waals surface area contributed by atoms with E-state index in [2.05, 4.69) is 44.0 Å². The minimum absolute atomic E-state index is 0.0878. The Bertz CT molecular complexity index is 578. The van der Waals surface area contributed by atoms with Gasteiger partial charge in [-0.15, -0.1) is 0 Å². The van der Waals surface area contributed by atoms with Crippen LogP contribution in [0, 0.1) is 0 Å². The molecule has 2 rings (SSSR count). The van der Waals surface area contributed by atoms with E-state index in [1.807, 2.05) is 31.2 Å². The molecule has 2 nitrogen and oxygen atoms in total. The predicted octanol–water partition coefficient (Wildman–Crippen LogP) is 4.52. The smallest absolute Gasteiger partial charge is 0.0841 e. The van der Waals surface area contributed by atoms with Crippen LogP contribution in [0.1, 0.15) is 39.0 Å². The number of para-hydroxylation sites is 1. The molecule has 0 radical (unpaired) electrons. The molecule has 0 unspecified atom stereocenters. The second-order valence-electron chi connectivity index (χ2n) is 5.68. The van der Waals surface area contributed by atoms with Gasteiger partial charge in [-0.05, 0) is 36.1 Å². The lowest BCUT2D eigenvalue weighted by atomic mass is 9.86. The molecule has 0 saturated heterocycles. The lowest BCUT2D eigenvalue weighted by Gasteiger charge is -2.21. The number of pyridine rings is 1. The summed E-state index contributed by atoms with van der Waals surface area (Å²) in [6.45, 7) is 8.62. The van der Waals surface area contributed by atoms with Gasteiger partial charge in [-0.2, -0.15) is 0 Å². The fourth-order valence-corrected chi connectivity index (χ4v) is 2.02. The molecule has 2 aromatic rings. The maximum Gasteiger partial charge on any atom is 0.0841 e. The maximum atomic E-state index is 4.75. The Morgan fingerprint density at radius 2 is 1.68 bits per heavy atom. The molecule has 0 aliphatic heterocycles. The highest BCUT2D eigenvalue weighted by Gasteiger charge is 2.17.